The van der Waals surface area contributed by atoms with E-state index in [1.165, 1.54) is 27.2 Å². The van der Waals surface area contributed by atoms with E-state index in [1.807, 2.05) is 0 Å². The molecule has 0 amide bonds. The minimum absolute atomic E-state index is 0.0977. The smallest absolute Gasteiger partial charge is 0.341 e. The van der Waals surface area contributed by atoms with Crippen molar-refractivity contribution in [1.29, 1.82) is 0 Å². The molecule has 0 atom stereocenters. The molecule has 0 saturated carbocycles. The highest BCUT2D eigenvalue weighted by Crippen LogP contribution is 2.24. The summed E-state index contributed by atoms with van der Waals surface area (Å²) < 4.78 is 14.8. The lowest BCUT2D eigenvalue weighted by atomic mass is 10.1. The van der Waals surface area contributed by atoms with Gasteiger partial charge in [0.05, 0.1) is 19.8 Å². The van der Waals surface area contributed by atoms with Crippen LogP contribution in [0.2, 0.25) is 0 Å². The van der Waals surface area contributed by atoms with Gasteiger partial charge >= 0.3 is 11.9 Å². The summed E-state index contributed by atoms with van der Waals surface area (Å²) in [5.74, 6) is -0.679. The summed E-state index contributed by atoms with van der Waals surface area (Å²) in [7, 11) is 2.52. The number of methoxy groups -OCH3 is 2. The van der Waals surface area contributed by atoms with Gasteiger partial charge in [0, 0.05) is 5.56 Å². The van der Waals surface area contributed by atoms with Crippen molar-refractivity contribution in [3.05, 3.63) is 53.3 Å². The van der Waals surface area contributed by atoms with Crippen molar-refractivity contribution < 1.29 is 28.3 Å². The normalized spacial score (nSPS) is 11.0. The maximum atomic E-state index is 11.6. The first kappa shape index (κ1) is 17.2. The molecule has 1 heterocycles. The molecule has 0 aliphatic rings. The number of carbonyl (C=O) groups excluding carboxylic acids is 3. The van der Waals surface area contributed by atoms with Crippen LogP contribution in [0.4, 0.5) is 0 Å². The predicted octanol–water partition coefficient (Wildman–Crippen LogP) is 2.88. The van der Waals surface area contributed by atoms with Crippen molar-refractivity contribution in [3.63, 3.8) is 0 Å². The third kappa shape index (κ3) is 3.78. The van der Waals surface area contributed by atoms with Crippen molar-refractivity contribution in [1.82, 2.24) is 0 Å². The SMILES string of the molecule is COC(=O)/C(=C\c1ccc(-c2ccc(C(=O)OC)cc2)o1)C(C)=O. The molecule has 1 aromatic carbocycles. The molecule has 24 heavy (non-hydrogen) atoms. The van der Waals surface area contributed by atoms with Gasteiger partial charge in [0.25, 0.3) is 0 Å². The average Bonchev–Trinajstić information content (AvgIpc) is 3.07. The minimum Gasteiger partial charge on any atom is -0.465 e. The summed E-state index contributed by atoms with van der Waals surface area (Å²) in [5, 5.41) is 0. The second-order valence-electron chi connectivity index (χ2n) is 4.88. The zero-order valence-electron chi connectivity index (χ0n) is 13.5. The van der Waals surface area contributed by atoms with E-state index >= 15 is 0 Å². The van der Waals surface area contributed by atoms with Crippen LogP contribution in [0.3, 0.4) is 0 Å². The topological polar surface area (TPSA) is 82.8 Å². The molecule has 0 N–H and O–H groups in total. The number of rotatable bonds is 5. The van der Waals surface area contributed by atoms with E-state index in [-0.39, 0.29) is 5.57 Å². The molecule has 2 aromatic rings. The van der Waals surface area contributed by atoms with Gasteiger partial charge in [-0.25, -0.2) is 9.59 Å². The highest BCUT2D eigenvalue weighted by Gasteiger charge is 2.16. The second kappa shape index (κ2) is 7.41. The summed E-state index contributed by atoms with van der Waals surface area (Å²) in [5.41, 5.74) is 1.07. The maximum absolute atomic E-state index is 11.6. The molecule has 6 nitrogen and oxygen atoms in total. The van der Waals surface area contributed by atoms with Gasteiger partial charge in [-0.2, -0.15) is 0 Å². The van der Waals surface area contributed by atoms with Crippen molar-refractivity contribution in [2.24, 2.45) is 0 Å². The molecule has 0 aliphatic carbocycles. The predicted molar refractivity (Wildman–Crippen MR) is 86.2 cm³/mol. The van der Waals surface area contributed by atoms with Gasteiger partial charge in [-0.05, 0) is 37.3 Å². The summed E-state index contributed by atoms with van der Waals surface area (Å²) in [6, 6.07) is 10.0. The van der Waals surface area contributed by atoms with Gasteiger partial charge < -0.3 is 13.9 Å². The van der Waals surface area contributed by atoms with Crippen LogP contribution in [0, 0.1) is 0 Å². The Balaban J connectivity index is 2.28. The Labute approximate surface area is 138 Å². The van der Waals surface area contributed by atoms with Crippen molar-refractivity contribution in [2.75, 3.05) is 14.2 Å². The van der Waals surface area contributed by atoms with Crippen LogP contribution in [0.25, 0.3) is 17.4 Å². The monoisotopic (exact) mass is 328 g/mol. The van der Waals surface area contributed by atoms with Crippen molar-refractivity contribution in [2.45, 2.75) is 6.92 Å². The van der Waals surface area contributed by atoms with E-state index in [9.17, 15) is 14.4 Å². The number of hydrogen-bond acceptors (Lipinski definition) is 6. The van der Waals surface area contributed by atoms with Crippen LogP contribution in [0.5, 0.6) is 0 Å². The van der Waals surface area contributed by atoms with E-state index < -0.39 is 17.7 Å². The lowest BCUT2D eigenvalue weighted by molar-refractivity contribution is -0.137. The largest absolute Gasteiger partial charge is 0.465 e. The first-order valence-corrected chi connectivity index (χ1v) is 7.05. The Morgan fingerprint density at radius 1 is 0.958 bits per heavy atom. The Morgan fingerprint density at radius 2 is 1.62 bits per heavy atom. The number of hydrogen-bond donors (Lipinski definition) is 0. The number of carbonyl (C=O) groups is 3. The molecule has 0 aliphatic heterocycles. The number of Topliss-reactive ketones (excluding diaryl/α,β-unsaturated/α-hetero) is 1. The van der Waals surface area contributed by atoms with Crippen LogP contribution in [0.1, 0.15) is 23.0 Å². The van der Waals surface area contributed by atoms with E-state index in [1.54, 1.807) is 36.4 Å². The molecule has 1 aromatic heterocycles. The molecular formula is C18H16O6. The fraction of sp³-hybridized carbons (Fsp3) is 0.167. The minimum atomic E-state index is -0.720. The summed E-state index contributed by atoms with van der Waals surface area (Å²) in [6.45, 7) is 1.28. The van der Waals surface area contributed by atoms with E-state index in [2.05, 4.69) is 9.47 Å². The van der Waals surface area contributed by atoms with Gasteiger partial charge in [0.2, 0.25) is 0 Å². The molecule has 0 bridgehead atoms. The number of ether oxygens (including phenoxy) is 2. The summed E-state index contributed by atoms with van der Waals surface area (Å²) >= 11 is 0. The van der Waals surface area contributed by atoms with Gasteiger partial charge in [-0.1, -0.05) is 12.1 Å². The molecule has 0 spiro atoms. The molecule has 0 saturated heterocycles. The Morgan fingerprint density at radius 3 is 2.17 bits per heavy atom. The van der Waals surface area contributed by atoms with Gasteiger partial charge in [-0.3, -0.25) is 4.79 Å². The third-order valence-corrected chi connectivity index (χ3v) is 3.29. The number of ketones is 1. The van der Waals surface area contributed by atoms with Crippen LogP contribution in [-0.4, -0.2) is 31.9 Å². The molecular weight excluding hydrogens is 312 g/mol. The Hall–Kier alpha value is -3.15. The fourth-order valence-electron chi connectivity index (χ4n) is 2.03. The van der Waals surface area contributed by atoms with Gasteiger partial charge in [0.1, 0.15) is 17.1 Å². The van der Waals surface area contributed by atoms with Crippen LogP contribution in [0.15, 0.2) is 46.4 Å². The summed E-state index contributed by atoms with van der Waals surface area (Å²) in [4.78, 5) is 34.5. The first-order chi connectivity index (χ1) is 11.5. The van der Waals surface area contributed by atoms with E-state index in [0.717, 1.165) is 5.56 Å². The molecule has 2 rings (SSSR count). The number of benzene rings is 1. The number of furan rings is 1. The summed E-state index contributed by atoms with van der Waals surface area (Å²) in [6.07, 6.45) is 1.33. The Kier molecular flexibility index (Phi) is 5.31. The highest BCUT2D eigenvalue weighted by atomic mass is 16.5. The lowest BCUT2D eigenvalue weighted by Gasteiger charge is -2.01. The number of esters is 2. The molecule has 6 heteroatoms. The molecule has 0 radical (unpaired) electrons. The first-order valence-electron chi connectivity index (χ1n) is 7.05. The van der Waals surface area contributed by atoms with E-state index in [0.29, 0.717) is 17.1 Å². The Bertz CT molecular complexity index is 795. The zero-order chi connectivity index (χ0) is 17.7. The van der Waals surface area contributed by atoms with Gasteiger partial charge in [0.15, 0.2) is 5.78 Å². The molecule has 0 fully saturated rings. The van der Waals surface area contributed by atoms with Gasteiger partial charge in [-0.15, -0.1) is 0 Å². The third-order valence-electron chi connectivity index (χ3n) is 3.29. The van der Waals surface area contributed by atoms with Crippen LogP contribution < -0.4 is 0 Å². The average molecular weight is 328 g/mol. The van der Waals surface area contributed by atoms with Crippen molar-refractivity contribution >= 4 is 23.8 Å². The van der Waals surface area contributed by atoms with Crippen LogP contribution in [-0.2, 0) is 19.1 Å². The van der Waals surface area contributed by atoms with Crippen molar-refractivity contribution in [3.8, 4) is 11.3 Å². The highest BCUT2D eigenvalue weighted by molar-refractivity contribution is 6.19. The maximum Gasteiger partial charge on any atom is 0.341 e. The van der Waals surface area contributed by atoms with Crippen LogP contribution >= 0.6 is 0 Å². The lowest BCUT2D eigenvalue weighted by Crippen LogP contribution is -2.11. The molecule has 0 unspecified atom stereocenters. The second-order valence-corrected chi connectivity index (χ2v) is 4.88. The zero-order valence-corrected chi connectivity index (χ0v) is 13.5. The standard InChI is InChI=1S/C18H16O6/c1-11(19)15(18(21)23-3)10-14-8-9-16(24-14)12-4-6-13(7-5-12)17(20)22-2/h4-10H,1-3H3/b15-10-. The van der Waals surface area contributed by atoms with E-state index in [4.69, 9.17) is 4.42 Å². The quantitative estimate of drug-likeness (QED) is 0.363. The molecule has 124 valence electrons. The fourth-order valence-corrected chi connectivity index (χ4v) is 2.03.